The molecule has 0 radical (unpaired) electrons. The van der Waals surface area contributed by atoms with E-state index in [1.807, 2.05) is 36.4 Å². The minimum Gasteiger partial charge on any atom is -0.452 e. The molecule has 0 amide bonds. The molecule has 0 bridgehead atoms. The Hall–Kier alpha value is -3.63. The molecule has 0 atom stereocenters. The number of allylic oxidation sites excluding steroid dienone is 1. The standard InChI is InChI=1S/C24H15ClO4/c25-18-8-4-7-17(13-18)14-22-24(27)20-11-10-19(15-21(20)29-22)28-23(26)12-9-16-5-2-1-3-6-16/h1-15H/b12-9+,22-14+. The fourth-order valence-corrected chi connectivity index (χ4v) is 3.06. The van der Waals surface area contributed by atoms with Gasteiger partial charge in [-0.15, -0.1) is 0 Å². The van der Waals surface area contributed by atoms with Gasteiger partial charge in [-0.25, -0.2) is 4.79 Å². The molecule has 0 fully saturated rings. The number of hydrogen-bond donors (Lipinski definition) is 0. The van der Waals surface area contributed by atoms with Gasteiger partial charge in [-0.2, -0.15) is 0 Å². The second-order valence-corrected chi connectivity index (χ2v) is 6.75. The van der Waals surface area contributed by atoms with E-state index in [4.69, 9.17) is 21.1 Å². The van der Waals surface area contributed by atoms with E-state index in [1.54, 1.807) is 42.5 Å². The molecule has 4 nitrogen and oxygen atoms in total. The van der Waals surface area contributed by atoms with Crippen molar-refractivity contribution >= 4 is 35.5 Å². The molecule has 1 heterocycles. The normalized spacial score (nSPS) is 14.1. The van der Waals surface area contributed by atoms with Gasteiger partial charge in [0.25, 0.3) is 0 Å². The number of benzene rings is 3. The molecule has 0 aromatic heterocycles. The average molecular weight is 403 g/mol. The minimum atomic E-state index is -0.521. The molecule has 0 saturated carbocycles. The molecule has 1 aliphatic heterocycles. The molecule has 3 aromatic carbocycles. The summed E-state index contributed by atoms with van der Waals surface area (Å²) in [5.41, 5.74) is 2.06. The molecule has 0 aliphatic carbocycles. The first-order valence-corrected chi connectivity index (χ1v) is 9.25. The summed E-state index contributed by atoms with van der Waals surface area (Å²) in [6, 6.07) is 21.2. The lowest BCUT2D eigenvalue weighted by Crippen LogP contribution is -2.03. The molecule has 1 aliphatic rings. The van der Waals surface area contributed by atoms with Crippen molar-refractivity contribution in [1.29, 1.82) is 0 Å². The van der Waals surface area contributed by atoms with E-state index in [0.717, 1.165) is 11.1 Å². The summed E-state index contributed by atoms with van der Waals surface area (Å²) in [5.74, 6) is 0.0771. The van der Waals surface area contributed by atoms with Crippen molar-refractivity contribution in [3.63, 3.8) is 0 Å². The van der Waals surface area contributed by atoms with Gasteiger partial charge in [-0.05, 0) is 47.5 Å². The SMILES string of the molecule is O=C(/C=C/c1ccccc1)Oc1ccc2c(c1)O/C(=C/c1cccc(Cl)c1)C2=O. The van der Waals surface area contributed by atoms with Gasteiger partial charge >= 0.3 is 5.97 Å². The van der Waals surface area contributed by atoms with Gasteiger partial charge < -0.3 is 9.47 Å². The van der Waals surface area contributed by atoms with Crippen molar-refractivity contribution in [3.05, 3.63) is 106 Å². The smallest absolute Gasteiger partial charge is 0.336 e. The van der Waals surface area contributed by atoms with Crippen LogP contribution in [0.5, 0.6) is 11.5 Å². The highest BCUT2D eigenvalue weighted by Gasteiger charge is 2.28. The second kappa shape index (κ2) is 8.17. The van der Waals surface area contributed by atoms with Crippen LogP contribution in [-0.2, 0) is 4.79 Å². The summed E-state index contributed by atoms with van der Waals surface area (Å²) >= 11 is 5.98. The molecule has 29 heavy (non-hydrogen) atoms. The van der Waals surface area contributed by atoms with Crippen LogP contribution >= 0.6 is 11.6 Å². The van der Waals surface area contributed by atoms with Gasteiger partial charge in [0, 0.05) is 17.2 Å². The number of ketones is 1. The summed E-state index contributed by atoms with van der Waals surface area (Å²) in [5, 5.41) is 0.570. The zero-order chi connectivity index (χ0) is 20.2. The average Bonchev–Trinajstić information content (AvgIpc) is 3.02. The zero-order valence-corrected chi connectivity index (χ0v) is 15.9. The molecule has 0 N–H and O–H groups in total. The van der Waals surface area contributed by atoms with E-state index in [0.29, 0.717) is 22.1 Å². The quantitative estimate of drug-likeness (QED) is 0.325. The Labute approximate surface area is 172 Å². The number of hydrogen-bond acceptors (Lipinski definition) is 4. The van der Waals surface area contributed by atoms with Crippen LogP contribution in [-0.4, -0.2) is 11.8 Å². The van der Waals surface area contributed by atoms with Gasteiger partial charge in [0.1, 0.15) is 11.5 Å². The highest BCUT2D eigenvalue weighted by Crippen LogP contribution is 2.35. The summed E-state index contributed by atoms with van der Waals surface area (Å²) in [6.45, 7) is 0. The zero-order valence-electron chi connectivity index (χ0n) is 15.2. The van der Waals surface area contributed by atoms with Crippen molar-refractivity contribution in [2.45, 2.75) is 0 Å². The highest BCUT2D eigenvalue weighted by molar-refractivity contribution is 6.30. The first-order valence-electron chi connectivity index (χ1n) is 8.87. The van der Waals surface area contributed by atoms with Crippen molar-refractivity contribution in [2.75, 3.05) is 0 Å². The van der Waals surface area contributed by atoms with Gasteiger partial charge in [0.2, 0.25) is 5.78 Å². The Balaban J connectivity index is 1.49. The number of carbonyl (C=O) groups excluding carboxylic acids is 2. The predicted molar refractivity (Wildman–Crippen MR) is 112 cm³/mol. The number of halogens is 1. The molecule has 142 valence electrons. The molecule has 0 unspecified atom stereocenters. The fraction of sp³-hybridized carbons (Fsp3) is 0. The second-order valence-electron chi connectivity index (χ2n) is 6.32. The van der Waals surface area contributed by atoms with E-state index in [-0.39, 0.29) is 11.5 Å². The molecular formula is C24H15ClO4. The molecule has 4 rings (SSSR count). The number of fused-ring (bicyclic) bond motifs is 1. The van der Waals surface area contributed by atoms with Crippen molar-refractivity contribution in [1.82, 2.24) is 0 Å². The number of esters is 1. The number of ether oxygens (including phenoxy) is 2. The van der Waals surface area contributed by atoms with Crippen LogP contribution in [0.4, 0.5) is 0 Å². The first-order chi connectivity index (χ1) is 14.1. The summed E-state index contributed by atoms with van der Waals surface area (Å²) < 4.78 is 11.0. The van der Waals surface area contributed by atoms with Crippen molar-refractivity contribution < 1.29 is 19.1 Å². The number of Topliss-reactive ketones (excluding diaryl/α,β-unsaturated/α-hetero) is 1. The van der Waals surface area contributed by atoms with Crippen LogP contribution in [0.25, 0.3) is 12.2 Å². The molecule has 0 spiro atoms. The molecule has 3 aromatic rings. The van der Waals surface area contributed by atoms with Crippen LogP contribution in [0.15, 0.2) is 84.6 Å². The third-order valence-electron chi connectivity index (χ3n) is 4.22. The molecular weight excluding hydrogens is 388 g/mol. The number of carbonyl (C=O) groups is 2. The number of rotatable bonds is 4. The molecule has 0 saturated heterocycles. The van der Waals surface area contributed by atoms with E-state index >= 15 is 0 Å². The van der Waals surface area contributed by atoms with Gasteiger partial charge in [0.15, 0.2) is 5.76 Å². The monoisotopic (exact) mass is 402 g/mol. The van der Waals surface area contributed by atoms with Crippen LogP contribution in [0, 0.1) is 0 Å². The Morgan fingerprint density at radius 3 is 2.52 bits per heavy atom. The largest absolute Gasteiger partial charge is 0.452 e. The van der Waals surface area contributed by atoms with E-state index in [2.05, 4.69) is 0 Å². The Bertz CT molecular complexity index is 1150. The van der Waals surface area contributed by atoms with Crippen molar-refractivity contribution in [3.8, 4) is 11.5 Å². The van der Waals surface area contributed by atoms with Crippen LogP contribution in [0.2, 0.25) is 5.02 Å². The third kappa shape index (κ3) is 4.45. The Kier molecular flexibility index (Phi) is 5.27. The van der Waals surface area contributed by atoms with Crippen molar-refractivity contribution in [2.24, 2.45) is 0 Å². The van der Waals surface area contributed by atoms with Crippen LogP contribution in [0.3, 0.4) is 0 Å². The van der Waals surface area contributed by atoms with E-state index in [9.17, 15) is 9.59 Å². The van der Waals surface area contributed by atoms with Crippen LogP contribution < -0.4 is 9.47 Å². The fourth-order valence-electron chi connectivity index (χ4n) is 2.86. The summed E-state index contributed by atoms with van der Waals surface area (Å²) in [6.07, 6.45) is 4.64. The summed E-state index contributed by atoms with van der Waals surface area (Å²) in [7, 11) is 0. The lowest BCUT2D eigenvalue weighted by atomic mass is 10.1. The third-order valence-corrected chi connectivity index (χ3v) is 4.45. The highest BCUT2D eigenvalue weighted by atomic mass is 35.5. The lowest BCUT2D eigenvalue weighted by molar-refractivity contribution is -0.128. The van der Waals surface area contributed by atoms with Gasteiger partial charge in [-0.1, -0.05) is 54.1 Å². The summed E-state index contributed by atoms with van der Waals surface area (Å²) in [4.78, 5) is 24.6. The van der Waals surface area contributed by atoms with E-state index < -0.39 is 5.97 Å². The van der Waals surface area contributed by atoms with Gasteiger partial charge in [0.05, 0.1) is 5.56 Å². The lowest BCUT2D eigenvalue weighted by Gasteiger charge is -2.03. The Morgan fingerprint density at radius 2 is 1.72 bits per heavy atom. The van der Waals surface area contributed by atoms with E-state index in [1.165, 1.54) is 12.1 Å². The maximum atomic E-state index is 12.5. The predicted octanol–water partition coefficient (Wildman–Crippen LogP) is 5.58. The topological polar surface area (TPSA) is 52.6 Å². The first kappa shape index (κ1) is 18.7. The Morgan fingerprint density at radius 1 is 0.931 bits per heavy atom. The van der Waals surface area contributed by atoms with Gasteiger partial charge in [-0.3, -0.25) is 4.79 Å². The maximum Gasteiger partial charge on any atom is 0.336 e. The molecule has 5 heteroatoms. The minimum absolute atomic E-state index is 0.190. The van der Waals surface area contributed by atoms with Crippen LogP contribution in [0.1, 0.15) is 21.5 Å². The maximum absolute atomic E-state index is 12.5.